The minimum Gasteiger partial charge on any atom is -0.320 e. The lowest BCUT2D eigenvalue weighted by Crippen LogP contribution is -2.12. The van der Waals surface area contributed by atoms with Crippen molar-refractivity contribution in [3.8, 4) is 0 Å². The van der Waals surface area contributed by atoms with E-state index in [1.54, 1.807) is 12.1 Å². The number of rotatable bonds is 2. The molecule has 1 heterocycles. The van der Waals surface area contributed by atoms with Gasteiger partial charge in [-0.05, 0) is 44.0 Å². The maximum atomic E-state index is 13.8. The first-order valence-corrected chi connectivity index (χ1v) is 7.43. The Morgan fingerprint density at radius 1 is 1.35 bits per heavy atom. The molecule has 0 saturated heterocycles. The molecule has 0 bridgehead atoms. The lowest BCUT2D eigenvalue weighted by molar-refractivity contribution is 0.601. The van der Waals surface area contributed by atoms with Gasteiger partial charge in [0.15, 0.2) is 0 Å². The van der Waals surface area contributed by atoms with Gasteiger partial charge in [0.05, 0.1) is 14.9 Å². The molecule has 1 aromatic carbocycles. The Bertz CT molecular complexity index is 539. The summed E-state index contributed by atoms with van der Waals surface area (Å²) in [6.45, 7) is 0. The largest absolute Gasteiger partial charge is 0.320 e. The number of halogens is 4. The summed E-state index contributed by atoms with van der Waals surface area (Å²) in [6.07, 6.45) is 0. The molecule has 0 aliphatic rings. The first-order chi connectivity index (χ1) is 8.00. The van der Waals surface area contributed by atoms with Crippen molar-refractivity contribution in [1.29, 1.82) is 0 Å². The highest BCUT2D eigenvalue weighted by Gasteiger charge is 2.18. The molecular weight excluding hydrogens is 392 g/mol. The van der Waals surface area contributed by atoms with Gasteiger partial charge < -0.3 is 5.73 Å². The van der Waals surface area contributed by atoms with Crippen molar-refractivity contribution < 1.29 is 4.39 Å². The van der Waals surface area contributed by atoms with Crippen LogP contribution >= 0.6 is 54.8 Å². The molecule has 2 rings (SSSR count). The van der Waals surface area contributed by atoms with Gasteiger partial charge in [-0.1, -0.05) is 23.7 Å². The van der Waals surface area contributed by atoms with Crippen LogP contribution in [0.15, 0.2) is 32.5 Å². The Balaban J connectivity index is 2.43. The van der Waals surface area contributed by atoms with Crippen molar-refractivity contribution in [3.63, 3.8) is 0 Å². The van der Waals surface area contributed by atoms with E-state index in [0.717, 1.165) is 13.1 Å². The number of thiophene rings is 1. The molecule has 0 fully saturated rings. The van der Waals surface area contributed by atoms with Crippen LogP contribution in [0.2, 0.25) is 5.02 Å². The van der Waals surface area contributed by atoms with Gasteiger partial charge in [-0.15, -0.1) is 11.3 Å². The molecular formula is C11H7Br2ClFNS. The highest BCUT2D eigenvalue weighted by atomic mass is 79.9. The Labute approximate surface area is 124 Å². The third-order valence-electron chi connectivity index (χ3n) is 2.29. The zero-order valence-electron chi connectivity index (χ0n) is 8.38. The van der Waals surface area contributed by atoms with Crippen molar-refractivity contribution in [1.82, 2.24) is 0 Å². The maximum absolute atomic E-state index is 13.8. The average Bonchev–Trinajstić information content (AvgIpc) is 2.62. The maximum Gasteiger partial charge on any atom is 0.146 e. The molecule has 2 aromatic rings. The van der Waals surface area contributed by atoms with E-state index in [1.165, 1.54) is 17.4 Å². The van der Waals surface area contributed by atoms with E-state index in [1.807, 2.05) is 6.07 Å². The van der Waals surface area contributed by atoms with Crippen LogP contribution in [0.1, 0.15) is 16.5 Å². The molecule has 1 unspecified atom stereocenters. The van der Waals surface area contributed by atoms with Crippen molar-refractivity contribution in [2.45, 2.75) is 6.04 Å². The van der Waals surface area contributed by atoms with Gasteiger partial charge in [0.1, 0.15) is 5.82 Å². The molecule has 6 heteroatoms. The molecule has 0 radical (unpaired) electrons. The standard InChI is InChI=1S/C11H7Br2ClFNS/c12-6-4-8(17-11(6)13)10(16)5-2-1-3-7(14)9(5)15/h1-4,10H,16H2. The Kier molecular flexibility index (Phi) is 4.26. The van der Waals surface area contributed by atoms with Crippen molar-refractivity contribution in [2.24, 2.45) is 5.73 Å². The summed E-state index contributed by atoms with van der Waals surface area (Å²) in [5, 5.41) is 0.0904. The predicted octanol–water partition coefficient (Wildman–Crippen LogP) is 5.11. The Morgan fingerprint density at radius 2 is 2.06 bits per heavy atom. The normalized spacial score (nSPS) is 12.8. The summed E-state index contributed by atoms with van der Waals surface area (Å²) in [5.41, 5.74) is 6.44. The molecule has 90 valence electrons. The van der Waals surface area contributed by atoms with Crippen LogP contribution in [0.25, 0.3) is 0 Å². The second-order valence-electron chi connectivity index (χ2n) is 3.39. The van der Waals surface area contributed by atoms with Gasteiger partial charge >= 0.3 is 0 Å². The van der Waals surface area contributed by atoms with E-state index in [2.05, 4.69) is 31.9 Å². The van der Waals surface area contributed by atoms with E-state index in [9.17, 15) is 4.39 Å². The topological polar surface area (TPSA) is 26.0 Å². The fourth-order valence-corrected chi connectivity index (χ4v) is 3.72. The van der Waals surface area contributed by atoms with Crippen molar-refractivity contribution in [3.05, 3.63) is 53.8 Å². The van der Waals surface area contributed by atoms with Gasteiger partial charge in [0.2, 0.25) is 0 Å². The van der Waals surface area contributed by atoms with Gasteiger partial charge in [0.25, 0.3) is 0 Å². The number of hydrogen-bond donors (Lipinski definition) is 1. The summed E-state index contributed by atoms with van der Waals surface area (Å²) in [4.78, 5) is 0.866. The monoisotopic (exact) mass is 397 g/mol. The van der Waals surface area contributed by atoms with E-state index < -0.39 is 11.9 Å². The first-order valence-electron chi connectivity index (χ1n) is 4.65. The third-order valence-corrected chi connectivity index (χ3v) is 5.92. The van der Waals surface area contributed by atoms with Crippen LogP contribution in [-0.2, 0) is 0 Å². The minimum absolute atomic E-state index is 0.0904. The van der Waals surface area contributed by atoms with Crippen LogP contribution < -0.4 is 5.73 Å². The molecule has 0 saturated carbocycles. The average molecular weight is 400 g/mol. The Morgan fingerprint density at radius 3 is 2.65 bits per heavy atom. The fourth-order valence-electron chi connectivity index (χ4n) is 1.43. The van der Waals surface area contributed by atoms with Crippen LogP contribution in [0.3, 0.4) is 0 Å². The summed E-state index contributed by atoms with van der Waals surface area (Å²) >= 11 is 14.0. The quantitative estimate of drug-likeness (QED) is 0.746. The molecule has 1 aromatic heterocycles. The van der Waals surface area contributed by atoms with Crippen LogP contribution in [-0.4, -0.2) is 0 Å². The van der Waals surface area contributed by atoms with Crippen molar-refractivity contribution in [2.75, 3.05) is 0 Å². The Hall–Kier alpha value is 0.0600. The van der Waals surface area contributed by atoms with E-state index in [4.69, 9.17) is 17.3 Å². The highest BCUT2D eigenvalue weighted by Crippen LogP contribution is 2.37. The van der Waals surface area contributed by atoms with Gasteiger partial charge in [0, 0.05) is 14.9 Å². The number of hydrogen-bond acceptors (Lipinski definition) is 2. The molecule has 2 N–H and O–H groups in total. The SMILES string of the molecule is NC(c1cc(Br)c(Br)s1)c1cccc(Cl)c1F. The second-order valence-corrected chi connectivity index (χ2v) is 7.05. The second kappa shape index (κ2) is 5.36. The molecule has 1 nitrogen and oxygen atoms in total. The summed E-state index contributed by atoms with van der Waals surface area (Å²) in [5.74, 6) is -0.456. The molecule has 0 aliphatic heterocycles. The predicted molar refractivity (Wildman–Crippen MR) is 77.2 cm³/mol. The van der Waals surface area contributed by atoms with E-state index in [-0.39, 0.29) is 5.02 Å². The first kappa shape index (κ1) is 13.5. The highest BCUT2D eigenvalue weighted by molar-refractivity contribution is 9.13. The molecule has 0 spiro atoms. The summed E-state index contributed by atoms with van der Waals surface area (Å²) in [6, 6.07) is 6.21. The third kappa shape index (κ3) is 2.74. The van der Waals surface area contributed by atoms with Gasteiger partial charge in [-0.25, -0.2) is 4.39 Å². The van der Waals surface area contributed by atoms with Crippen LogP contribution in [0.4, 0.5) is 4.39 Å². The zero-order chi connectivity index (χ0) is 12.6. The van der Waals surface area contributed by atoms with Gasteiger partial charge in [-0.3, -0.25) is 0 Å². The lowest BCUT2D eigenvalue weighted by Gasteiger charge is -2.11. The minimum atomic E-state index is -0.513. The molecule has 0 amide bonds. The van der Waals surface area contributed by atoms with Crippen molar-refractivity contribution >= 4 is 54.8 Å². The molecule has 17 heavy (non-hydrogen) atoms. The zero-order valence-corrected chi connectivity index (χ0v) is 13.1. The van der Waals surface area contributed by atoms with Crippen LogP contribution in [0.5, 0.6) is 0 Å². The number of nitrogens with two attached hydrogens (primary N) is 1. The fraction of sp³-hybridized carbons (Fsp3) is 0.0909. The molecule has 0 aliphatic carbocycles. The van der Waals surface area contributed by atoms with E-state index >= 15 is 0 Å². The number of benzene rings is 1. The summed E-state index contributed by atoms with van der Waals surface area (Å²) < 4.78 is 15.7. The van der Waals surface area contributed by atoms with E-state index in [0.29, 0.717) is 5.56 Å². The van der Waals surface area contributed by atoms with Gasteiger partial charge in [-0.2, -0.15) is 0 Å². The smallest absolute Gasteiger partial charge is 0.146 e. The molecule has 1 atom stereocenters. The lowest BCUT2D eigenvalue weighted by atomic mass is 10.1. The summed E-state index contributed by atoms with van der Waals surface area (Å²) in [7, 11) is 0. The van der Waals surface area contributed by atoms with Crippen LogP contribution in [0, 0.1) is 5.82 Å².